The first-order chi connectivity index (χ1) is 10.9. The monoisotopic (exact) mass is 319 g/mol. The van der Waals surface area contributed by atoms with Crippen molar-refractivity contribution in [1.29, 1.82) is 0 Å². The number of piperidine rings is 1. The lowest BCUT2D eigenvalue weighted by molar-refractivity contribution is -0.138. The zero-order chi connectivity index (χ0) is 16.6. The maximum absolute atomic E-state index is 12.7. The summed E-state index contributed by atoms with van der Waals surface area (Å²) in [6, 6.07) is 0. The largest absolute Gasteiger partial charge is 0.369 e. The Balaban J connectivity index is 1.69. The van der Waals surface area contributed by atoms with E-state index in [0.29, 0.717) is 36.7 Å². The van der Waals surface area contributed by atoms with E-state index in [1.54, 1.807) is 11.8 Å². The highest BCUT2D eigenvalue weighted by molar-refractivity contribution is 5.80. The van der Waals surface area contributed by atoms with Crippen molar-refractivity contribution in [3.8, 4) is 0 Å². The molecule has 2 aliphatic heterocycles. The third-order valence-electron chi connectivity index (χ3n) is 4.46. The molecule has 1 atom stereocenters. The first-order valence-corrected chi connectivity index (χ1v) is 7.82. The summed E-state index contributed by atoms with van der Waals surface area (Å²) < 4.78 is 0. The first-order valence-electron chi connectivity index (χ1n) is 7.82. The molecule has 23 heavy (non-hydrogen) atoms. The third-order valence-corrected chi connectivity index (χ3v) is 4.46. The van der Waals surface area contributed by atoms with Crippen molar-refractivity contribution in [3.63, 3.8) is 0 Å². The van der Waals surface area contributed by atoms with E-state index in [1.165, 1.54) is 0 Å². The summed E-state index contributed by atoms with van der Waals surface area (Å²) >= 11 is 0. The zero-order valence-corrected chi connectivity index (χ0v) is 13.2. The van der Waals surface area contributed by atoms with Crippen LogP contribution in [0.4, 0.5) is 0 Å². The number of fused-ring (bicyclic) bond motifs is 1. The number of nitrogens with one attached hydrogen (secondary N) is 1. The molecule has 0 bridgehead atoms. The quantitative estimate of drug-likeness (QED) is 0.751. The third kappa shape index (κ3) is 3.26. The Morgan fingerprint density at radius 2 is 2.17 bits per heavy atom. The Kier molecular flexibility index (Phi) is 4.16. The molecule has 0 aromatic carbocycles. The molecule has 2 aliphatic rings. The molecular weight excluding hydrogens is 298 g/mol. The van der Waals surface area contributed by atoms with Crippen LogP contribution in [0.25, 0.3) is 0 Å². The van der Waals surface area contributed by atoms with Gasteiger partial charge < -0.3 is 15.6 Å². The summed E-state index contributed by atoms with van der Waals surface area (Å²) in [7, 11) is 0. The van der Waals surface area contributed by atoms with Gasteiger partial charge in [0.1, 0.15) is 5.82 Å². The number of rotatable bonds is 3. The molecule has 0 aliphatic carbocycles. The van der Waals surface area contributed by atoms with E-state index in [4.69, 9.17) is 5.73 Å². The van der Waals surface area contributed by atoms with Crippen molar-refractivity contribution in [2.45, 2.75) is 32.9 Å². The number of carbonyl (C=O) groups excluding carboxylic acids is 2. The summed E-state index contributed by atoms with van der Waals surface area (Å²) in [5.74, 6) is 0.0537. The number of aromatic amines is 1. The van der Waals surface area contributed by atoms with Gasteiger partial charge in [-0.2, -0.15) is 0 Å². The fourth-order valence-electron chi connectivity index (χ4n) is 3.43. The predicted octanol–water partition coefficient (Wildman–Crippen LogP) is -0.882. The highest BCUT2D eigenvalue weighted by Gasteiger charge is 2.34. The molecule has 0 spiro atoms. The van der Waals surface area contributed by atoms with Crippen LogP contribution in [0, 0.1) is 12.8 Å². The molecule has 1 aromatic rings. The van der Waals surface area contributed by atoms with Crippen LogP contribution in [0.1, 0.15) is 29.9 Å². The van der Waals surface area contributed by atoms with Gasteiger partial charge in [-0.05, 0) is 26.3 Å². The van der Waals surface area contributed by atoms with Crippen LogP contribution in [0.3, 0.4) is 0 Å². The zero-order valence-electron chi connectivity index (χ0n) is 13.2. The number of likely N-dealkylation sites (tertiary alicyclic amines) is 1. The fourth-order valence-corrected chi connectivity index (χ4v) is 3.43. The van der Waals surface area contributed by atoms with Crippen molar-refractivity contribution in [2.75, 3.05) is 19.6 Å². The number of carbonyl (C=O) groups is 2. The van der Waals surface area contributed by atoms with Crippen LogP contribution in [-0.4, -0.2) is 51.2 Å². The minimum Gasteiger partial charge on any atom is -0.369 e. The van der Waals surface area contributed by atoms with Gasteiger partial charge in [-0.25, -0.2) is 4.98 Å². The van der Waals surface area contributed by atoms with E-state index >= 15 is 0 Å². The second-order valence-corrected chi connectivity index (χ2v) is 6.31. The number of amides is 2. The molecule has 2 amide bonds. The van der Waals surface area contributed by atoms with Gasteiger partial charge in [0.2, 0.25) is 11.8 Å². The lowest BCUT2D eigenvalue weighted by atomic mass is 9.96. The molecule has 3 heterocycles. The first kappa shape index (κ1) is 15.7. The van der Waals surface area contributed by atoms with Gasteiger partial charge in [0.15, 0.2) is 0 Å². The fraction of sp³-hybridized carbons (Fsp3) is 0.600. The summed E-state index contributed by atoms with van der Waals surface area (Å²) in [6.45, 7) is 3.93. The molecule has 124 valence electrons. The second-order valence-electron chi connectivity index (χ2n) is 6.31. The Morgan fingerprint density at radius 3 is 2.91 bits per heavy atom. The van der Waals surface area contributed by atoms with Crippen molar-refractivity contribution < 1.29 is 9.59 Å². The van der Waals surface area contributed by atoms with Crippen LogP contribution in [0.15, 0.2) is 4.79 Å². The number of aryl methyl sites for hydroxylation is 1. The molecular formula is C15H21N5O3. The molecule has 3 N–H and O–H groups in total. The summed E-state index contributed by atoms with van der Waals surface area (Å²) in [4.78, 5) is 46.4. The van der Waals surface area contributed by atoms with E-state index in [-0.39, 0.29) is 29.8 Å². The summed E-state index contributed by atoms with van der Waals surface area (Å²) in [6.07, 6.45) is 1.66. The minimum absolute atomic E-state index is 0.0224. The lowest BCUT2D eigenvalue weighted by Crippen LogP contribution is -2.46. The molecule has 0 unspecified atom stereocenters. The van der Waals surface area contributed by atoms with Gasteiger partial charge in [0, 0.05) is 6.54 Å². The number of hydrogen-bond acceptors (Lipinski definition) is 5. The number of nitrogens with zero attached hydrogens (tertiary/aromatic N) is 3. The molecule has 0 radical (unpaired) electrons. The Hall–Kier alpha value is -2.22. The number of nitrogens with two attached hydrogens (primary N) is 1. The maximum atomic E-state index is 12.7. The van der Waals surface area contributed by atoms with Gasteiger partial charge in [0.05, 0.1) is 36.8 Å². The molecule has 3 rings (SSSR count). The smallest absolute Gasteiger partial charge is 0.256 e. The van der Waals surface area contributed by atoms with Crippen LogP contribution in [0.5, 0.6) is 0 Å². The summed E-state index contributed by atoms with van der Waals surface area (Å²) in [5, 5.41) is 0. The van der Waals surface area contributed by atoms with Gasteiger partial charge >= 0.3 is 0 Å². The van der Waals surface area contributed by atoms with Gasteiger partial charge in [0.25, 0.3) is 5.56 Å². The van der Waals surface area contributed by atoms with Crippen LogP contribution >= 0.6 is 0 Å². The predicted molar refractivity (Wildman–Crippen MR) is 82.2 cm³/mol. The Bertz CT molecular complexity index is 699. The van der Waals surface area contributed by atoms with Crippen molar-refractivity contribution >= 4 is 11.8 Å². The van der Waals surface area contributed by atoms with Gasteiger partial charge in [-0.1, -0.05) is 0 Å². The number of hydrogen-bond donors (Lipinski definition) is 2. The van der Waals surface area contributed by atoms with Crippen molar-refractivity contribution in [2.24, 2.45) is 11.7 Å². The highest BCUT2D eigenvalue weighted by Crippen LogP contribution is 2.24. The van der Waals surface area contributed by atoms with E-state index in [1.807, 2.05) is 4.90 Å². The van der Waals surface area contributed by atoms with Crippen LogP contribution < -0.4 is 11.3 Å². The van der Waals surface area contributed by atoms with Crippen LogP contribution in [-0.2, 0) is 22.7 Å². The SMILES string of the molecule is Cc1nc2c(c(=O)[nH]1)CN(C(=O)[C@@H]1CCCN(CC(N)=O)C1)C2. The molecule has 8 heteroatoms. The topological polar surface area (TPSA) is 112 Å². The van der Waals surface area contributed by atoms with Crippen LogP contribution in [0.2, 0.25) is 0 Å². The Morgan fingerprint density at radius 1 is 1.39 bits per heavy atom. The maximum Gasteiger partial charge on any atom is 0.256 e. The Labute approximate surface area is 133 Å². The number of aromatic nitrogens is 2. The van der Waals surface area contributed by atoms with E-state index in [9.17, 15) is 14.4 Å². The van der Waals surface area contributed by atoms with E-state index < -0.39 is 0 Å². The standard InChI is InChI=1S/C15H21N5O3/c1-9-17-12-7-20(6-11(12)14(22)18-9)15(23)10-3-2-4-19(5-10)8-13(16)21/h10H,2-8H2,1H3,(H2,16,21)(H,17,18,22)/t10-/m1/s1. The van der Waals surface area contributed by atoms with Crippen molar-refractivity contribution in [1.82, 2.24) is 19.8 Å². The molecule has 1 fully saturated rings. The van der Waals surface area contributed by atoms with Crippen molar-refractivity contribution in [3.05, 3.63) is 27.4 Å². The summed E-state index contributed by atoms with van der Waals surface area (Å²) in [5.41, 5.74) is 6.33. The normalized spacial score (nSPS) is 21.3. The average molecular weight is 319 g/mol. The van der Waals surface area contributed by atoms with Gasteiger partial charge in [-0.15, -0.1) is 0 Å². The minimum atomic E-state index is -0.377. The van der Waals surface area contributed by atoms with Gasteiger partial charge in [-0.3, -0.25) is 19.3 Å². The average Bonchev–Trinajstić information content (AvgIpc) is 2.90. The molecule has 8 nitrogen and oxygen atoms in total. The molecule has 0 saturated carbocycles. The molecule has 1 saturated heterocycles. The van der Waals surface area contributed by atoms with E-state index in [2.05, 4.69) is 9.97 Å². The number of primary amides is 1. The second kappa shape index (κ2) is 6.11. The molecule has 1 aromatic heterocycles. The highest BCUT2D eigenvalue weighted by atomic mass is 16.2. The lowest BCUT2D eigenvalue weighted by Gasteiger charge is -2.33. The van der Waals surface area contributed by atoms with E-state index in [0.717, 1.165) is 19.4 Å². The number of H-pyrrole nitrogens is 1.